The number of allylic oxidation sites excluding steroid dienone is 2. The van der Waals surface area contributed by atoms with E-state index in [1.165, 1.54) is 0 Å². The highest BCUT2D eigenvalue weighted by molar-refractivity contribution is 7.89. The summed E-state index contributed by atoms with van der Waals surface area (Å²) in [5, 5.41) is 0. The van der Waals surface area contributed by atoms with Crippen molar-refractivity contribution in [2.24, 2.45) is 11.3 Å². The van der Waals surface area contributed by atoms with Crippen LogP contribution in [0.15, 0.2) is 53.0 Å². The average Bonchev–Trinajstić information content (AvgIpc) is 2.84. The number of nitrogens with zero attached hydrogens (tertiary/aromatic N) is 1. The van der Waals surface area contributed by atoms with Gasteiger partial charge in [-0.05, 0) is 49.8 Å². The molecule has 134 valence electrons. The molecule has 25 heavy (non-hydrogen) atoms. The van der Waals surface area contributed by atoms with E-state index >= 15 is 0 Å². The summed E-state index contributed by atoms with van der Waals surface area (Å²) in [5.74, 6) is 0.148. The lowest BCUT2D eigenvalue weighted by Crippen LogP contribution is -2.31. The predicted octanol–water partition coefficient (Wildman–Crippen LogP) is 3.49. The van der Waals surface area contributed by atoms with Crippen LogP contribution in [0, 0.1) is 18.3 Å². The molecule has 2 aliphatic rings. The van der Waals surface area contributed by atoms with E-state index in [1.54, 1.807) is 23.4 Å². The van der Waals surface area contributed by atoms with Crippen LogP contribution in [0.1, 0.15) is 32.3 Å². The molecule has 0 aromatic heterocycles. The highest BCUT2D eigenvalue weighted by Gasteiger charge is 2.48. The fourth-order valence-electron chi connectivity index (χ4n) is 3.94. The van der Waals surface area contributed by atoms with E-state index in [0.717, 1.165) is 16.7 Å². The van der Waals surface area contributed by atoms with Gasteiger partial charge in [0.05, 0.1) is 4.90 Å². The summed E-state index contributed by atoms with van der Waals surface area (Å²) in [4.78, 5) is 12.1. The van der Waals surface area contributed by atoms with Crippen LogP contribution < -0.4 is 0 Å². The number of hydrogen-bond acceptors (Lipinski definition) is 3. The number of carbonyl (C=O) groups is 1. The maximum absolute atomic E-state index is 13.0. The van der Waals surface area contributed by atoms with Gasteiger partial charge in [0, 0.05) is 19.0 Å². The number of aryl methyl sites for hydroxylation is 1. The Hall–Kier alpha value is -1.72. The Morgan fingerprint density at radius 1 is 1.28 bits per heavy atom. The van der Waals surface area contributed by atoms with Gasteiger partial charge in [-0.2, -0.15) is 4.31 Å². The molecule has 1 aliphatic heterocycles. The van der Waals surface area contributed by atoms with Gasteiger partial charge in [0.2, 0.25) is 10.0 Å². The maximum atomic E-state index is 13.0. The summed E-state index contributed by atoms with van der Waals surface area (Å²) in [7, 11) is -3.51. The first-order valence-corrected chi connectivity index (χ1v) is 10.0. The molecule has 0 radical (unpaired) electrons. The topological polar surface area (TPSA) is 54.5 Å². The van der Waals surface area contributed by atoms with Crippen LogP contribution in [0.4, 0.5) is 0 Å². The molecule has 1 aliphatic carbocycles. The molecule has 0 spiro atoms. The minimum atomic E-state index is -3.51. The number of rotatable bonds is 3. The molecule has 0 unspecified atom stereocenters. The SMILES string of the molecule is C=C1CC(C(C)=O)=CC[C@]2(C)CN(S(=O)(=O)c3ccc(C)cc3)C[C@H]12. The van der Waals surface area contributed by atoms with E-state index in [9.17, 15) is 13.2 Å². The third-order valence-corrected chi connectivity index (χ3v) is 7.43. The van der Waals surface area contributed by atoms with Gasteiger partial charge in [0.1, 0.15) is 0 Å². The summed E-state index contributed by atoms with van der Waals surface area (Å²) in [6.07, 6.45) is 3.23. The highest BCUT2D eigenvalue weighted by atomic mass is 32.2. The molecule has 0 saturated carbocycles. The van der Waals surface area contributed by atoms with Gasteiger partial charge in [-0.15, -0.1) is 0 Å². The van der Waals surface area contributed by atoms with E-state index in [4.69, 9.17) is 0 Å². The van der Waals surface area contributed by atoms with Crippen LogP contribution in [0.5, 0.6) is 0 Å². The zero-order valence-electron chi connectivity index (χ0n) is 15.1. The molecule has 4 nitrogen and oxygen atoms in total. The van der Waals surface area contributed by atoms with Crippen molar-refractivity contribution in [3.63, 3.8) is 0 Å². The standard InChI is InChI=1S/C20H25NO3S/c1-14-5-7-18(8-6-14)25(23,24)21-12-19-15(2)11-17(16(3)22)9-10-20(19,4)13-21/h5-9,19H,2,10-13H2,1,3-4H3/t19-,20-/m1/s1. The first-order valence-electron chi connectivity index (χ1n) is 8.58. The Morgan fingerprint density at radius 2 is 1.92 bits per heavy atom. The summed E-state index contributed by atoms with van der Waals surface area (Å²) in [5.41, 5.74) is 2.58. The van der Waals surface area contributed by atoms with Gasteiger partial charge >= 0.3 is 0 Å². The van der Waals surface area contributed by atoms with Crippen LogP contribution in [-0.2, 0) is 14.8 Å². The van der Waals surface area contributed by atoms with E-state index < -0.39 is 10.0 Å². The summed E-state index contributed by atoms with van der Waals surface area (Å²) in [6.45, 7) is 10.7. The number of carbonyl (C=O) groups excluding carboxylic acids is 1. The highest BCUT2D eigenvalue weighted by Crippen LogP contribution is 2.47. The molecule has 1 aromatic carbocycles. The smallest absolute Gasteiger partial charge is 0.243 e. The zero-order valence-corrected chi connectivity index (χ0v) is 15.9. The first-order chi connectivity index (χ1) is 11.6. The van der Waals surface area contributed by atoms with E-state index in [0.29, 0.717) is 30.8 Å². The lowest BCUT2D eigenvalue weighted by Gasteiger charge is -2.29. The van der Waals surface area contributed by atoms with Crippen LogP contribution in [-0.4, -0.2) is 31.6 Å². The Kier molecular flexibility index (Phi) is 4.50. The second-order valence-electron chi connectivity index (χ2n) is 7.64. The van der Waals surface area contributed by atoms with Gasteiger partial charge in [0.25, 0.3) is 0 Å². The molecule has 3 rings (SSSR count). The van der Waals surface area contributed by atoms with E-state index in [-0.39, 0.29) is 17.1 Å². The fourth-order valence-corrected chi connectivity index (χ4v) is 5.53. The minimum absolute atomic E-state index is 0.0702. The summed E-state index contributed by atoms with van der Waals surface area (Å²) < 4.78 is 27.6. The molecular weight excluding hydrogens is 334 g/mol. The van der Waals surface area contributed by atoms with Gasteiger partial charge in [-0.25, -0.2) is 8.42 Å². The maximum Gasteiger partial charge on any atom is 0.243 e. The Morgan fingerprint density at radius 3 is 2.52 bits per heavy atom. The van der Waals surface area contributed by atoms with Crippen molar-refractivity contribution >= 4 is 15.8 Å². The van der Waals surface area contributed by atoms with Gasteiger partial charge in [-0.1, -0.05) is 42.8 Å². The fraction of sp³-hybridized carbons (Fsp3) is 0.450. The largest absolute Gasteiger partial charge is 0.295 e. The average molecular weight is 359 g/mol. The minimum Gasteiger partial charge on any atom is -0.295 e. The molecular formula is C20H25NO3S. The van der Waals surface area contributed by atoms with E-state index in [1.807, 2.05) is 25.1 Å². The monoisotopic (exact) mass is 359 g/mol. The van der Waals surface area contributed by atoms with Crippen LogP contribution in [0.25, 0.3) is 0 Å². The molecule has 1 saturated heterocycles. The first kappa shape index (κ1) is 18.1. The quantitative estimate of drug-likeness (QED) is 0.776. The number of Topliss-reactive ketones (excluding diaryl/α,β-unsaturated/α-hetero) is 1. The van der Waals surface area contributed by atoms with Crippen LogP contribution in [0.2, 0.25) is 0 Å². The Labute approximate surface area is 150 Å². The number of hydrogen-bond donors (Lipinski definition) is 0. The molecule has 1 heterocycles. The Balaban J connectivity index is 1.91. The third-order valence-electron chi connectivity index (χ3n) is 5.60. The van der Waals surface area contributed by atoms with E-state index in [2.05, 4.69) is 13.5 Å². The zero-order chi connectivity index (χ0) is 18.4. The third kappa shape index (κ3) is 3.23. The van der Waals surface area contributed by atoms with Crippen molar-refractivity contribution in [2.45, 2.75) is 38.5 Å². The van der Waals surface area contributed by atoms with Crippen molar-refractivity contribution in [2.75, 3.05) is 13.1 Å². The van der Waals surface area contributed by atoms with Crippen molar-refractivity contribution in [1.82, 2.24) is 4.31 Å². The molecule has 0 bridgehead atoms. The molecule has 0 amide bonds. The van der Waals surface area contributed by atoms with Crippen LogP contribution >= 0.6 is 0 Å². The summed E-state index contributed by atoms with van der Waals surface area (Å²) in [6, 6.07) is 6.99. The lowest BCUT2D eigenvalue weighted by atomic mass is 9.75. The molecule has 2 atom stereocenters. The van der Waals surface area contributed by atoms with Crippen molar-refractivity contribution in [3.8, 4) is 0 Å². The normalized spacial score (nSPS) is 27.6. The number of fused-ring (bicyclic) bond motifs is 1. The second-order valence-corrected chi connectivity index (χ2v) is 9.58. The predicted molar refractivity (Wildman–Crippen MR) is 98.7 cm³/mol. The van der Waals surface area contributed by atoms with Crippen molar-refractivity contribution in [3.05, 3.63) is 53.6 Å². The number of benzene rings is 1. The van der Waals surface area contributed by atoms with Gasteiger partial charge < -0.3 is 0 Å². The molecule has 0 N–H and O–H groups in total. The van der Waals surface area contributed by atoms with Crippen molar-refractivity contribution < 1.29 is 13.2 Å². The van der Waals surface area contributed by atoms with Gasteiger partial charge in [-0.3, -0.25) is 4.79 Å². The Bertz CT molecular complexity index is 851. The molecule has 5 heteroatoms. The number of sulfonamides is 1. The number of ketones is 1. The van der Waals surface area contributed by atoms with Gasteiger partial charge in [0.15, 0.2) is 5.78 Å². The van der Waals surface area contributed by atoms with Crippen LogP contribution in [0.3, 0.4) is 0 Å². The molecule has 1 aromatic rings. The molecule has 1 fully saturated rings. The lowest BCUT2D eigenvalue weighted by molar-refractivity contribution is -0.113. The van der Waals surface area contributed by atoms with Crippen molar-refractivity contribution in [1.29, 1.82) is 0 Å². The summed E-state index contributed by atoms with van der Waals surface area (Å²) >= 11 is 0. The second kappa shape index (κ2) is 6.22.